The van der Waals surface area contributed by atoms with Crippen LogP contribution in [0.5, 0.6) is 0 Å². The summed E-state index contributed by atoms with van der Waals surface area (Å²) in [5.74, 6) is 0. The Hall–Kier alpha value is -0.120. The third-order valence-electron chi connectivity index (χ3n) is 4.13. The molecule has 0 amide bonds. The van der Waals surface area contributed by atoms with Gasteiger partial charge in [0.25, 0.3) is 0 Å². The minimum absolute atomic E-state index is 0.0159. The van der Waals surface area contributed by atoms with Crippen molar-refractivity contribution in [2.45, 2.75) is 77.2 Å². The van der Waals surface area contributed by atoms with Gasteiger partial charge in [0.1, 0.15) is 0 Å². The van der Waals surface area contributed by atoms with Crippen molar-refractivity contribution in [2.75, 3.05) is 19.6 Å². The van der Waals surface area contributed by atoms with Crippen molar-refractivity contribution in [3.63, 3.8) is 0 Å². The Bertz CT molecular complexity index is 272. The number of nitrogens with zero attached hydrogens (tertiary/aromatic N) is 1. The molecule has 1 saturated heterocycles. The SMILES string of the molecule is CCNC1CCC(N2CC(C)(C)OC(C)(C)C2)C1. The monoisotopic (exact) mass is 254 g/mol. The van der Waals surface area contributed by atoms with Gasteiger partial charge in [-0.15, -0.1) is 0 Å². The van der Waals surface area contributed by atoms with Gasteiger partial charge in [-0.1, -0.05) is 6.92 Å². The maximum atomic E-state index is 6.17. The Morgan fingerprint density at radius 2 is 1.72 bits per heavy atom. The average Bonchev–Trinajstić information content (AvgIpc) is 2.62. The van der Waals surface area contributed by atoms with Crippen molar-refractivity contribution >= 4 is 0 Å². The number of ether oxygens (including phenoxy) is 1. The third kappa shape index (κ3) is 3.46. The molecule has 0 spiro atoms. The van der Waals surface area contributed by atoms with Crippen LogP contribution >= 0.6 is 0 Å². The second-order valence-electron chi connectivity index (χ2n) is 7.25. The van der Waals surface area contributed by atoms with Gasteiger partial charge in [-0.05, 0) is 53.5 Å². The first-order valence-electron chi connectivity index (χ1n) is 7.49. The van der Waals surface area contributed by atoms with E-state index in [2.05, 4.69) is 44.8 Å². The lowest BCUT2D eigenvalue weighted by Crippen LogP contribution is -2.59. The van der Waals surface area contributed by atoms with Crippen LogP contribution in [0.1, 0.15) is 53.9 Å². The summed E-state index contributed by atoms with van der Waals surface area (Å²) in [6.45, 7) is 14.3. The van der Waals surface area contributed by atoms with Crippen molar-refractivity contribution in [3.05, 3.63) is 0 Å². The third-order valence-corrected chi connectivity index (χ3v) is 4.13. The number of morpholine rings is 1. The van der Waals surface area contributed by atoms with Gasteiger partial charge in [-0.3, -0.25) is 4.90 Å². The Morgan fingerprint density at radius 1 is 1.11 bits per heavy atom. The van der Waals surface area contributed by atoms with E-state index >= 15 is 0 Å². The molecule has 0 bridgehead atoms. The van der Waals surface area contributed by atoms with Gasteiger partial charge in [-0.2, -0.15) is 0 Å². The van der Waals surface area contributed by atoms with E-state index in [4.69, 9.17) is 4.74 Å². The molecule has 0 aromatic carbocycles. The Kier molecular flexibility index (Phi) is 4.05. The summed E-state index contributed by atoms with van der Waals surface area (Å²) in [6, 6.07) is 1.48. The van der Waals surface area contributed by atoms with Gasteiger partial charge in [0.05, 0.1) is 11.2 Å². The summed E-state index contributed by atoms with van der Waals surface area (Å²) in [7, 11) is 0. The van der Waals surface area contributed by atoms with E-state index in [0.29, 0.717) is 0 Å². The largest absolute Gasteiger partial charge is 0.367 e. The molecule has 2 unspecified atom stereocenters. The fourth-order valence-corrected chi connectivity index (χ4v) is 3.87. The molecular formula is C15H30N2O. The summed E-state index contributed by atoms with van der Waals surface area (Å²) in [5, 5.41) is 3.60. The van der Waals surface area contributed by atoms with Crippen molar-refractivity contribution in [2.24, 2.45) is 0 Å². The van der Waals surface area contributed by atoms with Crippen LogP contribution in [0, 0.1) is 0 Å². The van der Waals surface area contributed by atoms with Crippen LogP contribution in [-0.2, 0) is 4.74 Å². The van der Waals surface area contributed by atoms with Crippen LogP contribution in [-0.4, -0.2) is 47.8 Å². The minimum atomic E-state index is -0.0159. The molecule has 2 aliphatic rings. The number of nitrogens with one attached hydrogen (secondary N) is 1. The lowest BCUT2D eigenvalue weighted by atomic mass is 9.97. The lowest BCUT2D eigenvalue weighted by Gasteiger charge is -2.49. The quantitative estimate of drug-likeness (QED) is 0.837. The van der Waals surface area contributed by atoms with E-state index in [9.17, 15) is 0 Å². The molecule has 1 saturated carbocycles. The molecule has 106 valence electrons. The second kappa shape index (κ2) is 5.10. The molecule has 3 heteroatoms. The van der Waals surface area contributed by atoms with Crippen LogP contribution in [0.25, 0.3) is 0 Å². The molecule has 2 fully saturated rings. The number of rotatable bonds is 3. The predicted molar refractivity (Wildman–Crippen MR) is 75.9 cm³/mol. The van der Waals surface area contributed by atoms with E-state index in [-0.39, 0.29) is 11.2 Å². The highest BCUT2D eigenvalue weighted by molar-refractivity contribution is 4.95. The average molecular weight is 254 g/mol. The summed E-state index contributed by atoms with van der Waals surface area (Å²) in [5.41, 5.74) is -0.0317. The van der Waals surface area contributed by atoms with Crippen molar-refractivity contribution < 1.29 is 4.74 Å². The molecule has 1 N–H and O–H groups in total. The van der Waals surface area contributed by atoms with Crippen molar-refractivity contribution in [1.82, 2.24) is 10.2 Å². The maximum Gasteiger partial charge on any atom is 0.0760 e. The van der Waals surface area contributed by atoms with E-state index < -0.39 is 0 Å². The maximum absolute atomic E-state index is 6.17. The molecular weight excluding hydrogens is 224 g/mol. The number of hydrogen-bond donors (Lipinski definition) is 1. The van der Waals surface area contributed by atoms with E-state index in [1.54, 1.807) is 0 Å². The highest BCUT2D eigenvalue weighted by atomic mass is 16.5. The van der Waals surface area contributed by atoms with Gasteiger partial charge in [0, 0.05) is 25.2 Å². The highest BCUT2D eigenvalue weighted by Gasteiger charge is 2.41. The zero-order valence-corrected chi connectivity index (χ0v) is 12.8. The van der Waals surface area contributed by atoms with Gasteiger partial charge in [-0.25, -0.2) is 0 Å². The van der Waals surface area contributed by atoms with Gasteiger partial charge < -0.3 is 10.1 Å². The first kappa shape index (κ1) is 14.3. The molecule has 2 atom stereocenters. The summed E-state index contributed by atoms with van der Waals surface area (Å²) >= 11 is 0. The van der Waals surface area contributed by atoms with Crippen LogP contribution in [0.3, 0.4) is 0 Å². The summed E-state index contributed by atoms with van der Waals surface area (Å²) < 4.78 is 6.17. The standard InChI is InChI=1S/C15H30N2O/c1-6-16-12-7-8-13(9-12)17-10-14(2,3)18-15(4,5)11-17/h12-13,16H,6-11H2,1-5H3. The molecule has 3 nitrogen and oxygen atoms in total. The first-order valence-corrected chi connectivity index (χ1v) is 7.49. The molecule has 1 heterocycles. The Balaban J connectivity index is 1.97. The molecule has 1 aliphatic carbocycles. The predicted octanol–water partition coefficient (Wildman–Crippen LogP) is 2.41. The van der Waals surface area contributed by atoms with Gasteiger partial charge >= 0.3 is 0 Å². The Morgan fingerprint density at radius 3 is 2.28 bits per heavy atom. The summed E-state index contributed by atoms with van der Waals surface area (Å²) in [4.78, 5) is 2.67. The highest BCUT2D eigenvalue weighted by Crippen LogP contribution is 2.33. The lowest BCUT2D eigenvalue weighted by molar-refractivity contribution is -0.187. The smallest absolute Gasteiger partial charge is 0.0760 e. The van der Waals surface area contributed by atoms with Crippen LogP contribution in [0.15, 0.2) is 0 Å². The first-order chi connectivity index (χ1) is 8.31. The topological polar surface area (TPSA) is 24.5 Å². The van der Waals surface area contributed by atoms with Crippen molar-refractivity contribution in [1.29, 1.82) is 0 Å². The molecule has 2 rings (SSSR count). The molecule has 0 radical (unpaired) electrons. The van der Waals surface area contributed by atoms with E-state index in [1.165, 1.54) is 19.3 Å². The zero-order chi connectivity index (χ0) is 13.4. The zero-order valence-electron chi connectivity index (χ0n) is 12.8. The fraction of sp³-hybridized carbons (Fsp3) is 1.00. The van der Waals surface area contributed by atoms with Gasteiger partial charge in [0.2, 0.25) is 0 Å². The van der Waals surface area contributed by atoms with Crippen LogP contribution < -0.4 is 5.32 Å². The van der Waals surface area contributed by atoms with Gasteiger partial charge in [0.15, 0.2) is 0 Å². The molecule has 18 heavy (non-hydrogen) atoms. The van der Waals surface area contributed by atoms with Crippen LogP contribution in [0.2, 0.25) is 0 Å². The Labute approximate surface area is 112 Å². The summed E-state index contributed by atoms with van der Waals surface area (Å²) in [6.07, 6.45) is 3.97. The van der Waals surface area contributed by atoms with E-state index in [0.717, 1.165) is 31.7 Å². The normalized spacial score (nSPS) is 35.8. The van der Waals surface area contributed by atoms with Crippen molar-refractivity contribution in [3.8, 4) is 0 Å². The fourth-order valence-electron chi connectivity index (χ4n) is 3.87. The molecule has 0 aromatic rings. The number of hydrogen-bond acceptors (Lipinski definition) is 3. The molecule has 0 aromatic heterocycles. The van der Waals surface area contributed by atoms with E-state index in [1.807, 2.05) is 0 Å². The molecule has 1 aliphatic heterocycles. The second-order valence-corrected chi connectivity index (χ2v) is 7.25. The minimum Gasteiger partial charge on any atom is -0.367 e. The van der Waals surface area contributed by atoms with Crippen LogP contribution in [0.4, 0.5) is 0 Å².